The molecule has 18 heavy (non-hydrogen) atoms. The number of hydrogen-bond donors (Lipinski definition) is 4. The third-order valence-corrected chi connectivity index (χ3v) is 2.70. The van der Waals surface area contributed by atoms with Crippen molar-refractivity contribution in [3.8, 4) is 0 Å². The van der Waals surface area contributed by atoms with Gasteiger partial charge < -0.3 is 16.5 Å². The quantitative estimate of drug-likeness (QED) is 0.500. The number of aryl methyl sites for hydroxylation is 1. The number of halogens is 1. The minimum Gasteiger partial charge on any atom is -0.393 e. The number of hydrogen-bond acceptors (Lipinski definition) is 6. The number of nitrogens with zero attached hydrogens (tertiary/aromatic N) is 2. The molecule has 0 fully saturated rings. The number of rotatable bonds is 3. The van der Waals surface area contributed by atoms with Crippen LogP contribution >= 0.6 is 11.6 Å². The predicted octanol–water partition coefficient (Wildman–Crippen LogP) is 2.05. The molecule has 0 aliphatic heterocycles. The van der Waals surface area contributed by atoms with E-state index in [4.69, 9.17) is 23.2 Å². The van der Waals surface area contributed by atoms with Gasteiger partial charge in [-0.3, -0.25) is 0 Å². The Morgan fingerprint density at radius 2 is 1.94 bits per heavy atom. The summed E-state index contributed by atoms with van der Waals surface area (Å²) in [4.78, 5) is 7.97. The van der Waals surface area contributed by atoms with Crippen molar-refractivity contribution in [2.24, 2.45) is 5.84 Å². The largest absolute Gasteiger partial charge is 0.393 e. The van der Waals surface area contributed by atoms with E-state index in [-0.39, 0.29) is 0 Å². The van der Waals surface area contributed by atoms with Crippen LogP contribution in [0.3, 0.4) is 0 Å². The molecule has 6 N–H and O–H groups in total. The third-order valence-electron chi connectivity index (χ3n) is 2.46. The van der Waals surface area contributed by atoms with Crippen molar-refractivity contribution < 1.29 is 0 Å². The maximum Gasteiger partial charge on any atom is 0.168 e. The number of nitrogen functional groups attached to an aromatic ring is 2. The molecule has 0 aliphatic rings. The molecule has 7 heteroatoms. The van der Waals surface area contributed by atoms with Crippen LogP contribution in [0.15, 0.2) is 24.5 Å². The molecular formula is C11H13ClN6. The van der Waals surface area contributed by atoms with E-state index in [1.807, 2.05) is 19.1 Å². The number of nitrogens with one attached hydrogen (secondary N) is 2. The van der Waals surface area contributed by atoms with Crippen LogP contribution in [0.5, 0.6) is 0 Å². The van der Waals surface area contributed by atoms with Crippen molar-refractivity contribution in [3.63, 3.8) is 0 Å². The highest BCUT2D eigenvalue weighted by Crippen LogP contribution is 2.27. The van der Waals surface area contributed by atoms with Gasteiger partial charge in [0.1, 0.15) is 12.0 Å². The second-order valence-electron chi connectivity index (χ2n) is 3.71. The van der Waals surface area contributed by atoms with E-state index < -0.39 is 0 Å². The van der Waals surface area contributed by atoms with Gasteiger partial charge in [0.2, 0.25) is 0 Å². The number of hydrazine groups is 1. The average Bonchev–Trinajstić information content (AvgIpc) is 2.35. The first-order valence-corrected chi connectivity index (χ1v) is 5.60. The maximum absolute atomic E-state index is 5.89. The van der Waals surface area contributed by atoms with Crippen LogP contribution in [0.2, 0.25) is 5.02 Å². The Morgan fingerprint density at radius 3 is 2.61 bits per heavy atom. The highest BCUT2D eigenvalue weighted by Gasteiger charge is 2.08. The first kappa shape index (κ1) is 12.4. The number of anilines is 4. The van der Waals surface area contributed by atoms with Crippen LogP contribution in [0.25, 0.3) is 0 Å². The summed E-state index contributed by atoms with van der Waals surface area (Å²) in [5, 5.41) is 3.79. The van der Waals surface area contributed by atoms with Gasteiger partial charge in [0.25, 0.3) is 0 Å². The fourth-order valence-corrected chi connectivity index (χ4v) is 1.73. The van der Waals surface area contributed by atoms with Gasteiger partial charge in [0, 0.05) is 10.7 Å². The summed E-state index contributed by atoms with van der Waals surface area (Å²) in [7, 11) is 0. The summed E-state index contributed by atoms with van der Waals surface area (Å²) in [6.07, 6.45) is 1.37. The van der Waals surface area contributed by atoms with Crippen molar-refractivity contribution in [2.75, 3.05) is 16.5 Å². The highest BCUT2D eigenvalue weighted by atomic mass is 35.5. The fraction of sp³-hybridized carbons (Fsp3) is 0.0909. The summed E-state index contributed by atoms with van der Waals surface area (Å²) in [6, 6.07) is 5.49. The van der Waals surface area contributed by atoms with E-state index in [1.165, 1.54) is 6.33 Å². The lowest BCUT2D eigenvalue weighted by atomic mass is 10.2. The summed E-state index contributed by atoms with van der Waals surface area (Å²) in [5.74, 6) is 6.16. The molecular weight excluding hydrogens is 252 g/mol. The third kappa shape index (κ3) is 2.44. The van der Waals surface area contributed by atoms with E-state index in [2.05, 4.69) is 20.7 Å². The van der Waals surface area contributed by atoms with E-state index in [9.17, 15) is 0 Å². The van der Waals surface area contributed by atoms with Gasteiger partial charge in [-0.25, -0.2) is 15.8 Å². The maximum atomic E-state index is 5.89. The van der Waals surface area contributed by atoms with Crippen molar-refractivity contribution in [3.05, 3.63) is 35.1 Å². The minimum absolute atomic E-state index is 0.356. The van der Waals surface area contributed by atoms with Gasteiger partial charge >= 0.3 is 0 Å². The Bertz CT molecular complexity index is 571. The predicted molar refractivity (Wildman–Crippen MR) is 73.7 cm³/mol. The van der Waals surface area contributed by atoms with Crippen molar-refractivity contribution in [2.45, 2.75) is 6.92 Å². The summed E-state index contributed by atoms with van der Waals surface area (Å²) in [6.45, 7) is 1.94. The molecule has 1 heterocycles. The lowest BCUT2D eigenvalue weighted by molar-refractivity contribution is 1.14. The molecule has 0 spiro atoms. The Balaban J connectivity index is 2.34. The van der Waals surface area contributed by atoms with E-state index in [1.54, 1.807) is 6.07 Å². The van der Waals surface area contributed by atoms with E-state index >= 15 is 0 Å². The standard InChI is InChI=1S/C11H13ClN6/c1-6-4-7(12)2-3-8(6)17-10-9(13)11(18-14)16-5-15-10/h2-5H,13-14H2,1H3,(H2,15,16,17,18). The summed E-state index contributed by atoms with van der Waals surface area (Å²) in [5.41, 5.74) is 10.5. The average molecular weight is 265 g/mol. The smallest absolute Gasteiger partial charge is 0.168 e. The summed E-state index contributed by atoms with van der Waals surface area (Å²) >= 11 is 5.89. The molecule has 0 amide bonds. The van der Waals surface area contributed by atoms with Crippen LogP contribution in [0, 0.1) is 6.92 Å². The Labute approximate surface area is 109 Å². The first-order chi connectivity index (χ1) is 8.61. The summed E-state index contributed by atoms with van der Waals surface area (Å²) < 4.78 is 0. The zero-order chi connectivity index (χ0) is 13.1. The molecule has 0 radical (unpaired) electrons. The second kappa shape index (κ2) is 5.07. The molecule has 0 saturated carbocycles. The topological polar surface area (TPSA) is 102 Å². The van der Waals surface area contributed by atoms with Crippen LogP contribution in [-0.2, 0) is 0 Å². The van der Waals surface area contributed by atoms with Crippen LogP contribution in [-0.4, -0.2) is 9.97 Å². The van der Waals surface area contributed by atoms with E-state index in [0.29, 0.717) is 22.3 Å². The number of aromatic nitrogens is 2. The lowest BCUT2D eigenvalue weighted by Gasteiger charge is -2.12. The van der Waals surface area contributed by atoms with Crippen molar-refractivity contribution >= 4 is 34.6 Å². The Kier molecular flexibility index (Phi) is 3.50. The molecule has 94 valence electrons. The lowest BCUT2D eigenvalue weighted by Crippen LogP contribution is -2.12. The fourth-order valence-electron chi connectivity index (χ4n) is 1.51. The number of nitrogens with two attached hydrogens (primary N) is 2. The molecule has 1 aromatic carbocycles. The SMILES string of the molecule is Cc1cc(Cl)ccc1Nc1ncnc(NN)c1N. The zero-order valence-corrected chi connectivity index (χ0v) is 10.5. The van der Waals surface area contributed by atoms with Gasteiger partial charge in [0.15, 0.2) is 11.6 Å². The normalized spacial score (nSPS) is 10.2. The van der Waals surface area contributed by atoms with Crippen LogP contribution < -0.4 is 22.3 Å². The molecule has 0 unspecified atom stereocenters. The molecule has 0 saturated heterocycles. The number of benzene rings is 1. The van der Waals surface area contributed by atoms with Gasteiger partial charge in [-0.15, -0.1) is 0 Å². The van der Waals surface area contributed by atoms with Gasteiger partial charge in [-0.2, -0.15) is 0 Å². The molecule has 2 rings (SSSR count). The van der Waals surface area contributed by atoms with Crippen molar-refractivity contribution in [1.29, 1.82) is 0 Å². The molecule has 6 nitrogen and oxygen atoms in total. The van der Waals surface area contributed by atoms with Crippen LogP contribution in [0.1, 0.15) is 5.56 Å². The Hall–Kier alpha value is -2.05. The van der Waals surface area contributed by atoms with Crippen LogP contribution in [0.4, 0.5) is 23.0 Å². The first-order valence-electron chi connectivity index (χ1n) is 5.22. The minimum atomic E-state index is 0.356. The van der Waals surface area contributed by atoms with E-state index in [0.717, 1.165) is 11.3 Å². The Morgan fingerprint density at radius 1 is 1.22 bits per heavy atom. The zero-order valence-electron chi connectivity index (χ0n) is 9.74. The van der Waals surface area contributed by atoms with Gasteiger partial charge in [-0.1, -0.05) is 11.6 Å². The molecule has 1 aromatic heterocycles. The molecule has 0 aliphatic carbocycles. The molecule has 0 atom stereocenters. The molecule has 0 bridgehead atoms. The van der Waals surface area contributed by atoms with Crippen molar-refractivity contribution in [1.82, 2.24) is 9.97 Å². The van der Waals surface area contributed by atoms with Gasteiger partial charge in [0.05, 0.1) is 0 Å². The highest BCUT2D eigenvalue weighted by molar-refractivity contribution is 6.30. The van der Waals surface area contributed by atoms with Gasteiger partial charge in [-0.05, 0) is 30.7 Å². The second-order valence-corrected chi connectivity index (χ2v) is 4.15. The molecule has 2 aromatic rings. The monoisotopic (exact) mass is 264 g/mol.